The minimum atomic E-state index is 0.681. The molecule has 0 aromatic rings. The summed E-state index contributed by atoms with van der Waals surface area (Å²) in [6.07, 6.45) is 6.98. The second-order valence-corrected chi connectivity index (χ2v) is 4.89. The first-order valence-corrected chi connectivity index (χ1v) is 5.84. The average molecular weight is 183 g/mol. The van der Waals surface area contributed by atoms with Crippen LogP contribution in [0.25, 0.3) is 0 Å². The van der Waals surface area contributed by atoms with E-state index in [1.807, 2.05) is 0 Å². The van der Waals surface area contributed by atoms with Gasteiger partial charge in [0.15, 0.2) is 0 Å². The van der Waals surface area contributed by atoms with Gasteiger partial charge in [-0.15, -0.1) is 0 Å². The monoisotopic (exact) mass is 183 g/mol. The lowest BCUT2D eigenvalue weighted by Crippen LogP contribution is -2.43. The minimum absolute atomic E-state index is 0.681. The number of rotatable bonds is 3. The number of nitrogens with zero attached hydrogens (tertiary/aromatic N) is 1. The van der Waals surface area contributed by atoms with Crippen molar-refractivity contribution in [3.05, 3.63) is 0 Å². The summed E-state index contributed by atoms with van der Waals surface area (Å²) < 4.78 is 0. The maximum absolute atomic E-state index is 2.50. The van der Waals surface area contributed by atoms with Gasteiger partial charge in [0, 0.05) is 6.04 Å². The van der Waals surface area contributed by atoms with Gasteiger partial charge in [-0.2, -0.15) is 0 Å². The Labute approximate surface area is 83.5 Å². The number of hydrogen-bond donors (Lipinski definition) is 0. The van der Waals surface area contributed by atoms with Crippen molar-refractivity contribution in [1.29, 1.82) is 0 Å². The van der Waals surface area contributed by atoms with Gasteiger partial charge in [0.25, 0.3) is 0 Å². The molecule has 0 aromatic heterocycles. The summed E-state index contributed by atoms with van der Waals surface area (Å²) in [5.41, 5.74) is 0.681. The van der Waals surface area contributed by atoms with Crippen molar-refractivity contribution in [1.82, 2.24) is 4.90 Å². The first-order valence-electron chi connectivity index (χ1n) is 5.84. The highest BCUT2D eigenvalue weighted by molar-refractivity contribution is 4.87. The average Bonchev–Trinajstić information content (AvgIpc) is 2.12. The molecule has 0 saturated carbocycles. The van der Waals surface area contributed by atoms with E-state index in [4.69, 9.17) is 0 Å². The van der Waals surface area contributed by atoms with Gasteiger partial charge in [0.1, 0.15) is 0 Å². The maximum Gasteiger partial charge on any atom is 0.00691 e. The third-order valence-corrected chi connectivity index (χ3v) is 4.01. The lowest BCUT2D eigenvalue weighted by Gasteiger charge is -2.44. The highest BCUT2D eigenvalue weighted by Gasteiger charge is 2.34. The molecular formula is C12H25N. The van der Waals surface area contributed by atoms with E-state index in [0.717, 1.165) is 6.04 Å². The Hall–Kier alpha value is -0.0400. The molecular weight excluding hydrogens is 158 g/mol. The zero-order valence-corrected chi connectivity index (χ0v) is 9.77. The Kier molecular flexibility index (Phi) is 3.78. The Bertz CT molecular complexity index is 155. The van der Waals surface area contributed by atoms with Crippen LogP contribution >= 0.6 is 0 Å². The highest BCUT2D eigenvalue weighted by atomic mass is 15.1. The van der Waals surface area contributed by atoms with Crippen LogP contribution in [0.2, 0.25) is 0 Å². The quantitative estimate of drug-likeness (QED) is 0.649. The van der Waals surface area contributed by atoms with Crippen LogP contribution in [0.1, 0.15) is 52.9 Å². The van der Waals surface area contributed by atoms with Gasteiger partial charge in [-0.1, -0.05) is 26.7 Å². The normalized spacial score (nSPS) is 36.5. The molecule has 0 radical (unpaired) electrons. The fourth-order valence-electron chi connectivity index (χ4n) is 2.77. The zero-order valence-electron chi connectivity index (χ0n) is 9.77. The van der Waals surface area contributed by atoms with Crippen molar-refractivity contribution in [3.8, 4) is 0 Å². The third-order valence-electron chi connectivity index (χ3n) is 4.01. The van der Waals surface area contributed by atoms with Gasteiger partial charge in [0.2, 0.25) is 0 Å². The fraction of sp³-hybridized carbons (Fsp3) is 1.00. The predicted octanol–water partition coefficient (Wildman–Crippen LogP) is 3.30. The summed E-state index contributed by atoms with van der Waals surface area (Å²) in [5.74, 6) is 0. The predicted molar refractivity (Wildman–Crippen MR) is 59.0 cm³/mol. The van der Waals surface area contributed by atoms with E-state index < -0.39 is 0 Å². The third kappa shape index (κ3) is 2.46. The number of likely N-dealkylation sites (tertiary alicyclic amines) is 1. The van der Waals surface area contributed by atoms with E-state index in [-0.39, 0.29) is 0 Å². The summed E-state index contributed by atoms with van der Waals surface area (Å²) in [6.45, 7) is 8.36. The van der Waals surface area contributed by atoms with Crippen molar-refractivity contribution in [2.75, 3.05) is 13.6 Å². The molecule has 1 heteroatoms. The van der Waals surface area contributed by atoms with E-state index in [0.29, 0.717) is 5.41 Å². The number of piperidine rings is 1. The van der Waals surface area contributed by atoms with Crippen LogP contribution < -0.4 is 0 Å². The molecule has 0 amide bonds. The summed E-state index contributed by atoms with van der Waals surface area (Å²) in [4.78, 5) is 2.50. The molecule has 2 atom stereocenters. The lowest BCUT2D eigenvalue weighted by molar-refractivity contribution is 0.0645. The molecule has 2 unspecified atom stereocenters. The summed E-state index contributed by atoms with van der Waals surface area (Å²) in [6, 6.07) is 0.792. The van der Waals surface area contributed by atoms with Crippen molar-refractivity contribution < 1.29 is 0 Å². The smallest absolute Gasteiger partial charge is 0.00691 e. The molecule has 1 nitrogen and oxygen atoms in total. The van der Waals surface area contributed by atoms with Crippen LogP contribution in [-0.2, 0) is 0 Å². The molecule has 1 fully saturated rings. The van der Waals surface area contributed by atoms with Crippen LogP contribution in [0.3, 0.4) is 0 Å². The molecule has 1 saturated heterocycles. The van der Waals surface area contributed by atoms with Gasteiger partial charge < -0.3 is 4.90 Å². The zero-order chi connectivity index (χ0) is 9.90. The van der Waals surface area contributed by atoms with E-state index in [2.05, 4.69) is 32.7 Å². The topological polar surface area (TPSA) is 3.24 Å². The van der Waals surface area contributed by atoms with Crippen LogP contribution in [0.15, 0.2) is 0 Å². The molecule has 0 bridgehead atoms. The van der Waals surface area contributed by atoms with Gasteiger partial charge >= 0.3 is 0 Å². The Morgan fingerprint density at radius 2 is 2.08 bits per heavy atom. The Morgan fingerprint density at radius 1 is 1.38 bits per heavy atom. The second kappa shape index (κ2) is 4.45. The summed E-state index contributed by atoms with van der Waals surface area (Å²) in [7, 11) is 2.26. The molecule has 0 spiro atoms. The Balaban J connectivity index is 2.57. The van der Waals surface area contributed by atoms with Gasteiger partial charge in [-0.25, -0.2) is 0 Å². The maximum atomic E-state index is 2.50. The molecule has 1 heterocycles. The SMILES string of the molecule is CCCC1(CC)CCN(C)C(C)C1. The molecule has 1 aliphatic rings. The Morgan fingerprint density at radius 3 is 2.54 bits per heavy atom. The lowest BCUT2D eigenvalue weighted by atomic mass is 9.71. The van der Waals surface area contributed by atoms with E-state index in [1.54, 1.807) is 0 Å². The van der Waals surface area contributed by atoms with Gasteiger partial charge in [0.05, 0.1) is 0 Å². The first-order chi connectivity index (χ1) is 6.13. The van der Waals surface area contributed by atoms with Crippen molar-refractivity contribution >= 4 is 0 Å². The van der Waals surface area contributed by atoms with Crippen LogP contribution in [-0.4, -0.2) is 24.5 Å². The van der Waals surface area contributed by atoms with Crippen molar-refractivity contribution in [2.45, 2.75) is 58.9 Å². The fourth-order valence-corrected chi connectivity index (χ4v) is 2.77. The highest BCUT2D eigenvalue weighted by Crippen LogP contribution is 2.41. The first kappa shape index (κ1) is 11.0. The summed E-state index contributed by atoms with van der Waals surface area (Å²) in [5, 5.41) is 0. The van der Waals surface area contributed by atoms with E-state index in [9.17, 15) is 0 Å². The second-order valence-electron chi connectivity index (χ2n) is 4.89. The van der Waals surface area contributed by atoms with Crippen molar-refractivity contribution in [2.24, 2.45) is 5.41 Å². The standard InChI is InChI=1S/C12H25N/c1-5-7-12(6-2)8-9-13(4)11(3)10-12/h11H,5-10H2,1-4H3. The molecule has 78 valence electrons. The largest absolute Gasteiger partial charge is 0.304 e. The number of hydrogen-bond acceptors (Lipinski definition) is 1. The van der Waals surface area contributed by atoms with E-state index in [1.165, 1.54) is 38.6 Å². The molecule has 13 heavy (non-hydrogen) atoms. The minimum Gasteiger partial charge on any atom is -0.304 e. The van der Waals surface area contributed by atoms with Gasteiger partial charge in [-0.05, 0) is 45.2 Å². The molecule has 0 aliphatic carbocycles. The van der Waals surface area contributed by atoms with Crippen molar-refractivity contribution in [3.63, 3.8) is 0 Å². The van der Waals surface area contributed by atoms with Gasteiger partial charge in [-0.3, -0.25) is 0 Å². The van der Waals surface area contributed by atoms with Crippen LogP contribution in [0.4, 0.5) is 0 Å². The molecule has 0 N–H and O–H groups in total. The molecule has 0 aromatic carbocycles. The summed E-state index contributed by atoms with van der Waals surface area (Å²) >= 11 is 0. The van der Waals surface area contributed by atoms with Crippen LogP contribution in [0, 0.1) is 5.41 Å². The van der Waals surface area contributed by atoms with E-state index >= 15 is 0 Å². The molecule has 1 rings (SSSR count). The molecule has 1 aliphatic heterocycles. The van der Waals surface area contributed by atoms with Crippen LogP contribution in [0.5, 0.6) is 0 Å².